The van der Waals surface area contributed by atoms with Crippen molar-refractivity contribution >= 4 is 34.4 Å². The molecule has 1 aliphatic heterocycles. The summed E-state index contributed by atoms with van der Waals surface area (Å²) in [5.41, 5.74) is 2.45. The molecule has 0 bridgehead atoms. The van der Waals surface area contributed by atoms with Crippen LogP contribution in [0.25, 0.3) is 10.9 Å². The summed E-state index contributed by atoms with van der Waals surface area (Å²) < 4.78 is 1.76. The second kappa shape index (κ2) is 8.82. The Morgan fingerprint density at radius 2 is 1.72 bits per heavy atom. The Morgan fingerprint density at radius 1 is 1.06 bits per heavy atom. The molecule has 1 aliphatic rings. The van der Waals surface area contributed by atoms with E-state index < -0.39 is 5.97 Å². The lowest BCUT2D eigenvalue weighted by molar-refractivity contribution is 0.0696. The maximum Gasteiger partial charge on any atom is 0.335 e. The van der Waals surface area contributed by atoms with Gasteiger partial charge in [-0.2, -0.15) is 5.10 Å². The van der Waals surface area contributed by atoms with E-state index in [4.69, 9.17) is 5.11 Å². The van der Waals surface area contributed by atoms with Gasteiger partial charge in [0.15, 0.2) is 5.78 Å². The van der Waals surface area contributed by atoms with Crippen LogP contribution in [0.1, 0.15) is 40.5 Å². The van der Waals surface area contributed by atoms with Gasteiger partial charge in [0.25, 0.3) is 0 Å². The molecule has 0 saturated carbocycles. The van der Waals surface area contributed by atoms with Crippen molar-refractivity contribution in [3.8, 4) is 0 Å². The number of amides is 2. The predicted molar refractivity (Wildman–Crippen MR) is 121 cm³/mol. The Morgan fingerprint density at radius 3 is 2.34 bits per heavy atom. The minimum atomic E-state index is -1.000. The van der Waals surface area contributed by atoms with Crippen LogP contribution >= 0.6 is 0 Å². The number of carboxylic acids is 1. The highest BCUT2D eigenvalue weighted by atomic mass is 16.4. The molecule has 1 fully saturated rings. The fraction of sp³-hybridized carbons (Fsp3) is 0.333. The van der Waals surface area contributed by atoms with Crippen molar-refractivity contribution in [3.05, 3.63) is 59.8 Å². The first-order valence-corrected chi connectivity index (χ1v) is 10.7. The van der Waals surface area contributed by atoms with Gasteiger partial charge in [0.05, 0.1) is 17.3 Å². The molecule has 2 amide bonds. The zero-order valence-corrected chi connectivity index (χ0v) is 18.2. The molecule has 0 spiro atoms. The molecule has 8 nitrogen and oxygen atoms in total. The number of hydrogen-bond acceptors (Lipinski definition) is 4. The molecular weight excluding hydrogens is 408 g/mol. The monoisotopic (exact) mass is 434 g/mol. The van der Waals surface area contributed by atoms with Crippen LogP contribution in [-0.4, -0.2) is 57.2 Å². The summed E-state index contributed by atoms with van der Waals surface area (Å²) in [7, 11) is 1.86. The van der Waals surface area contributed by atoms with E-state index in [1.165, 1.54) is 12.1 Å². The zero-order valence-electron chi connectivity index (χ0n) is 18.2. The Labute approximate surface area is 186 Å². The van der Waals surface area contributed by atoms with Gasteiger partial charge in [-0.3, -0.25) is 14.4 Å². The zero-order chi connectivity index (χ0) is 22.8. The van der Waals surface area contributed by atoms with Crippen molar-refractivity contribution in [1.29, 1.82) is 0 Å². The lowest BCUT2D eigenvalue weighted by atomic mass is 9.88. The summed E-state index contributed by atoms with van der Waals surface area (Å²) in [6.45, 7) is 3.36. The third kappa shape index (κ3) is 4.08. The first-order valence-electron chi connectivity index (χ1n) is 10.7. The molecule has 1 saturated heterocycles. The van der Waals surface area contributed by atoms with Crippen molar-refractivity contribution in [2.45, 2.75) is 19.8 Å². The molecule has 1 aromatic heterocycles. The molecule has 166 valence electrons. The maximum absolute atomic E-state index is 13.1. The van der Waals surface area contributed by atoms with Crippen LogP contribution in [0.3, 0.4) is 0 Å². The number of carbonyl (C=O) groups is 3. The Balaban J connectivity index is 1.41. The molecule has 2 heterocycles. The second-order valence-electron chi connectivity index (χ2n) is 8.05. The van der Waals surface area contributed by atoms with Crippen molar-refractivity contribution < 1.29 is 19.5 Å². The topological polar surface area (TPSA) is 95.7 Å². The molecule has 3 aromatic rings. The van der Waals surface area contributed by atoms with Crippen LogP contribution in [0.15, 0.2) is 48.7 Å². The number of likely N-dealkylation sites (tertiary alicyclic amines) is 1. The van der Waals surface area contributed by atoms with Crippen molar-refractivity contribution in [2.24, 2.45) is 13.0 Å². The van der Waals surface area contributed by atoms with Gasteiger partial charge in [-0.1, -0.05) is 12.1 Å². The second-order valence-corrected chi connectivity index (χ2v) is 8.05. The number of aromatic carboxylic acids is 1. The maximum atomic E-state index is 13.1. The highest BCUT2D eigenvalue weighted by Crippen LogP contribution is 2.26. The van der Waals surface area contributed by atoms with E-state index in [-0.39, 0.29) is 23.3 Å². The van der Waals surface area contributed by atoms with Crippen molar-refractivity contribution in [2.75, 3.05) is 24.5 Å². The molecule has 2 aromatic carbocycles. The number of carboxylic acid groups (broad SMARTS) is 1. The van der Waals surface area contributed by atoms with E-state index in [0.29, 0.717) is 43.7 Å². The molecule has 0 unspecified atom stereocenters. The number of carbonyl (C=O) groups excluding carboxylic acids is 2. The average molecular weight is 434 g/mol. The summed E-state index contributed by atoms with van der Waals surface area (Å²) in [5.74, 6) is -1.01. The van der Waals surface area contributed by atoms with Crippen LogP contribution in [0, 0.1) is 5.92 Å². The quantitative estimate of drug-likeness (QED) is 0.616. The molecule has 0 radical (unpaired) electrons. The number of hydrogen-bond donors (Lipinski definition) is 1. The van der Waals surface area contributed by atoms with Crippen LogP contribution in [0.4, 0.5) is 10.5 Å². The Bertz CT molecular complexity index is 1160. The third-order valence-corrected chi connectivity index (χ3v) is 6.14. The number of fused-ring (bicyclic) bond motifs is 1. The average Bonchev–Trinajstić information content (AvgIpc) is 3.19. The lowest BCUT2D eigenvalue weighted by Gasteiger charge is -2.35. The minimum Gasteiger partial charge on any atom is -0.478 e. The van der Waals surface area contributed by atoms with Gasteiger partial charge in [-0.25, -0.2) is 9.59 Å². The van der Waals surface area contributed by atoms with Gasteiger partial charge in [0.1, 0.15) is 0 Å². The van der Waals surface area contributed by atoms with Crippen LogP contribution in [0.2, 0.25) is 0 Å². The lowest BCUT2D eigenvalue weighted by Crippen LogP contribution is -2.47. The number of anilines is 1. The van der Waals surface area contributed by atoms with E-state index in [0.717, 1.165) is 10.9 Å². The highest BCUT2D eigenvalue weighted by molar-refractivity contribution is 6.01. The number of ketones is 1. The molecule has 0 aliphatic carbocycles. The summed E-state index contributed by atoms with van der Waals surface area (Å²) in [5, 5.41) is 14.3. The third-order valence-electron chi connectivity index (χ3n) is 6.14. The first-order chi connectivity index (χ1) is 15.4. The standard InChI is InChI=1S/C24H26N4O4/c1-3-28(20-8-6-17(7-9-20)23(30)31)24(32)27-12-10-16(11-13-27)22(29)18-4-5-19-15-25-26(2)21(19)14-18/h4-9,14-16H,3,10-13H2,1-2H3,(H,30,31). The molecule has 32 heavy (non-hydrogen) atoms. The van der Waals surface area contributed by atoms with E-state index in [2.05, 4.69) is 5.10 Å². The molecular formula is C24H26N4O4. The number of urea groups is 1. The van der Waals surface area contributed by atoms with Crippen LogP contribution < -0.4 is 4.90 Å². The van der Waals surface area contributed by atoms with Gasteiger partial charge >= 0.3 is 12.0 Å². The summed E-state index contributed by atoms with van der Waals surface area (Å²) in [6, 6.07) is 11.8. The van der Waals surface area contributed by atoms with Gasteiger partial charge in [0.2, 0.25) is 0 Å². The van der Waals surface area contributed by atoms with Gasteiger partial charge < -0.3 is 10.0 Å². The van der Waals surface area contributed by atoms with E-state index in [9.17, 15) is 14.4 Å². The summed E-state index contributed by atoms with van der Waals surface area (Å²) in [6.07, 6.45) is 3.01. The van der Waals surface area contributed by atoms with Gasteiger partial charge in [0, 0.05) is 49.2 Å². The number of nitrogens with zero attached hydrogens (tertiary/aromatic N) is 4. The summed E-state index contributed by atoms with van der Waals surface area (Å²) in [4.78, 5) is 40.6. The SMILES string of the molecule is CCN(C(=O)N1CCC(C(=O)c2ccc3cnn(C)c3c2)CC1)c1ccc(C(=O)O)cc1. The Hall–Kier alpha value is -3.68. The minimum absolute atomic E-state index is 0.108. The number of benzene rings is 2. The largest absolute Gasteiger partial charge is 0.478 e. The Kier molecular flexibility index (Phi) is 5.94. The first kappa shape index (κ1) is 21.5. The van der Waals surface area contributed by atoms with Crippen molar-refractivity contribution in [1.82, 2.24) is 14.7 Å². The fourth-order valence-electron chi connectivity index (χ4n) is 4.25. The van der Waals surface area contributed by atoms with Gasteiger partial charge in [-0.05, 0) is 50.1 Å². The van der Waals surface area contributed by atoms with Crippen molar-refractivity contribution in [3.63, 3.8) is 0 Å². The van der Waals surface area contributed by atoms with Crippen LogP contribution in [0.5, 0.6) is 0 Å². The molecule has 8 heteroatoms. The predicted octanol–water partition coefficient (Wildman–Crippen LogP) is 3.81. The smallest absolute Gasteiger partial charge is 0.335 e. The highest BCUT2D eigenvalue weighted by Gasteiger charge is 2.30. The number of aryl methyl sites for hydroxylation is 1. The molecule has 1 N–H and O–H groups in total. The molecule has 4 rings (SSSR count). The number of Topliss-reactive ketones (excluding diaryl/α,β-unsaturated/α-hetero) is 1. The van der Waals surface area contributed by atoms with E-state index in [1.807, 2.05) is 32.2 Å². The summed E-state index contributed by atoms with van der Waals surface area (Å²) >= 11 is 0. The molecule has 0 atom stereocenters. The number of piperidine rings is 1. The fourth-order valence-corrected chi connectivity index (χ4v) is 4.25. The normalized spacial score (nSPS) is 14.5. The number of aromatic nitrogens is 2. The van der Waals surface area contributed by atoms with E-state index >= 15 is 0 Å². The number of rotatable bonds is 5. The van der Waals surface area contributed by atoms with Crippen LogP contribution in [-0.2, 0) is 7.05 Å². The van der Waals surface area contributed by atoms with E-state index in [1.54, 1.807) is 32.8 Å². The van der Waals surface area contributed by atoms with Gasteiger partial charge in [-0.15, -0.1) is 0 Å².